The Morgan fingerprint density at radius 2 is 2.26 bits per heavy atom. The van der Waals surface area contributed by atoms with Crippen molar-refractivity contribution in [3.63, 3.8) is 0 Å². The molecule has 0 spiro atoms. The second-order valence-corrected chi connectivity index (χ2v) is 4.95. The zero-order chi connectivity index (χ0) is 13.3. The predicted octanol–water partition coefficient (Wildman–Crippen LogP) is 1.09. The Hall–Kier alpha value is -1.79. The highest BCUT2D eigenvalue weighted by molar-refractivity contribution is 5.46. The molecule has 0 atom stereocenters. The third-order valence-electron chi connectivity index (χ3n) is 3.41. The van der Waals surface area contributed by atoms with Gasteiger partial charge in [-0.3, -0.25) is 9.88 Å². The molecule has 100 valence electrons. The summed E-state index contributed by atoms with van der Waals surface area (Å²) in [5, 5.41) is 13.8. The Morgan fingerprint density at radius 3 is 2.95 bits per heavy atom. The molecular formula is C13H16N4O2. The van der Waals surface area contributed by atoms with Gasteiger partial charge in [0, 0.05) is 19.3 Å². The molecule has 2 aromatic rings. The summed E-state index contributed by atoms with van der Waals surface area (Å²) in [6, 6.07) is 5.57. The van der Waals surface area contributed by atoms with Gasteiger partial charge >= 0.3 is 0 Å². The third kappa shape index (κ3) is 2.50. The lowest BCUT2D eigenvalue weighted by molar-refractivity contribution is -0.106. The van der Waals surface area contributed by atoms with E-state index in [9.17, 15) is 5.11 Å². The number of β-amino-alcohol motifs (C(OH)–C–C–N with tert-alkyl or cyclic N) is 1. The van der Waals surface area contributed by atoms with Crippen LogP contribution < -0.4 is 0 Å². The molecule has 0 amide bonds. The maximum absolute atomic E-state index is 9.93. The van der Waals surface area contributed by atoms with E-state index in [0.717, 1.165) is 6.42 Å². The van der Waals surface area contributed by atoms with Crippen LogP contribution in [0.3, 0.4) is 0 Å². The molecule has 1 aliphatic rings. The highest BCUT2D eigenvalue weighted by Gasteiger charge is 2.39. The zero-order valence-electron chi connectivity index (χ0n) is 10.8. The van der Waals surface area contributed by atoms with E-state index in [4.69, 9.17) is 4.52 Å². The van der Waals surface area contributed by atoms with E-state index >= 15 is 0 Å². The minimum atomic E-state index is -0.538. The third-order valence-corrected chi connectivity index (χ3v) is 3.41. The summed E-state index contributed by atoms with van der Waals surface area (Å²) >= 11 is 0. The fraction of sp³-hybridized carbons (Fsp3) is 0.462. The SMILES string of the molecule is CCC1(O)CN(Cc2nc(-c3ccccn3)no2)C1. The molecule has 19 heavy (non-hydrogen) atoms. The quantitative estimate of drug-likeness (QED) is 0.886. The number of hydrogen-bond donors (Lipinski definition) is 1. The van der Waals surface area contributed by atoms with Crippen molar-refractivity contribution in [2.45, 2.75) is 25.5 Å². The molecule has 0 radical (unpaired) electrons. The van der Waals surface area contributed by atoms with Gasteiger partial charge in [0.25, 0.3) is 0 Å². The lowest BCUT2D eigenvalue weighted by atomic mass is 9.91. The highest BCUT2D eigenvalue weighted by Crippen LogP contribution is 2.25. The molecule has 0 aliphatic carbocycles. The van der Waals surface area contributed by atoms with E-state index < -0.39 is 5.60 Å². The van der Waals surface area contributed by atoms with Crippen LogP contribution in [-0.2, 0) is 6.54 Å². The van der Waals surface area contributed by atoms with E-state index in [1.165, 1.54) is 0 Å². The van der Waals surface area contributed by atoms with Crippen LogP contribution in [0.5, 0.6) is 0 Å². The first-order chi connectivity index (χ1) is 9.18. The van der Waals surface area contributed by atoms with Crippen molar-refractivity contribution in [3.8, 4) is 11.5 Å². The van der Waals surface area contributed by atoms with Gasteiger partial charge in [-0.2, -0.15) is 4.98 Å². The van der Waals surface area contributed by atoms with Crippen LogP contribution >= 0.6 is 0 Å². The number of hydrogen-bond acceptors (Lipinski definition) is 6. The van der Waals surface area contributed by atoms with Crippen LogP contribution in [0, 0.1) is 0 Å². The summed E-state index contributed by atoms with van der Waals surface area (Å²) in [6.45, 7) is 3.88. The Bertz CT molecular complexity index is 549. The molecular weight excluding hydrogens is 244 g/mol. The smallest absolute Gasteiger partial charge is 0.241 e. The van der Waals surface area contributed by atoms with Crippen LogP contribution in [0.2, 0.25) is 0 Å². The molecule has 6 heteroatoms. The lowest BCUT2D eigenvalue weighted by Gasteiger charge is -2.45. The first kappa shape index (κ1) is 12.3. The number of nitrogens with zero attached hydrogens (tertiary/aromatic N) is 4. The van der Waals surface area contributed by atoms with Gasteiger partial charge in [0.1, 0.15) is 5.69 Å². The fourth-order valence-electron chi connectivity index (χ4n) is 2.23. The average Bonchev–Trinajstić information content (AvgIpc) is 2.86. The van der Waals surface area contributed by atoms with Crippen LogP contribution in [-0.4, -0.2) is 43.8 Å². The molecule has 2 aromatic heterocycles. The van der Waals surface area contributed by atoms with Crippen molar-refractivity contribution in [2.75, 3.05) is 13.1 Å². The minimum Gasteiger partial charge on any atom is -0.387 e. The van der Waals surface area contributed by atoms with Crippen LogP contribution in [0.25, 0.3) is 11.5 Å². The van der Waals surface area contributed by atoms with Crippen molar-refractivity contribution >= 4 is 0 Å². The van der Waals surface area contributed by atoms with Gasteiger partial charge in [-0.15, -0.1) is 0 Å². The Morgan fingerprint density at radius 1 is 1.42 bits per heavy atom. The summed E-state index contributed by atoms with van der Waals surface area (Å²) in [4.78, 5) is 10.6. The van der Waals surface area contributed by atoms with Crippen LogP contribution in [0.4, 0.5) is 0 Å². The van der Waals surface area contributed by atoms with Gasteiger partial charge in [0.2, 0.25) is 11.7 Å². The number of pyridine rings is 1. The standard InChI is InChI=1S/C13H16N4O2/c1-2-13(18)8-17(9-13)7-11-15-12(16-19-11)10-5-3-4-6-14-10/h3-6,18H,2,7-9H2,1H3. The number of rotatable bonds is 4. The molecule has 0 aromatic carbocycles. The number of aliphatic hydroxyl groups is 1. The molecule has 6 nitrogen and oxygen atoms in total. The summed E-state index contributed by atoms with van der Waals surface area (Å²) in [5.74, 6) is 1.06. The van der Waals surface area contributed by atoms with Crippen LogP contribution in [0.1, 0.15) is 19.2 Å². The average molecular weight is 260 g/mol. The van der Waals surface area contributed by atoms with Gasteiger partial charge in [-0.25, -0.2) is 0 Å². The van der Waals surface area contributed by atoms with Gasteiger partial charge in [-0.05, 0) is 18.6 Å². The maximum atomic E-state index is 9.93. The molecule has 3 heterocycles. The minimum absolute atomic E-state index is 0.502. The maximum Gasteiger partial charge on any atom is 0.241 e. The van der Waals surface area contributed by atoms with Crippen molar-refractivity contribution < 1.29 is 9.63 Å². The highest BCUT2D eigenvalue weighted by atomic mass is 16.5. The van der Waals surface area contributed by atoms with E-state index in [-0.39, 0.29) is 0 Å². The molecule has 1 saturated heterocycles. The Kier molecular flexibility index (Phi) is 3.04. The summed E-state index contributed by atoms with van der Waals surface area (Å²) in [6.07, 6.45) is 2.47. The summed E-state index contributed by atoms with van der Waals surface area (Å²) in [5.41, 5.74) is 0.162. The Labute approximate surface area is 111 Å². The number of likely N-dealkylation sites (tertiary alicyclic amines) is 1. The van der Waals surface area contributed by atoms with Crippen LogP contribution in [0.15, 0.2) is 28.9 Å². The van der Waals surface area contributed by atoms with Crippen molar-refractivity contribution in [2.24, 2.45) is 0 Å². The second-order valence-electron chi connectivity index (χ2n) is 4.95. The normalized spacial score (nSPS) is 18.2. The topological polar surface area (TPSA) is 75.3 Å². The first-order valence-electron chi connectivity index (χ1n) is 6.37. The molecule has 3 rings (SSSR count). The van der Waals surface area contributed by atoms with Crippen molar-refractivity contribution in [1.82, 2.24) is 20.0 Å². The lowest BCUT2D eigenvalue weighted by Crippen LogP contribution is -2.60. The van der Waals surface area contributed by atoms with E-state index in [1.807, 2.05) is 25.1 Å². The van der Waals surface area contributed by atoms with E-state index in [0.29, 0.717) is 37.0 Å². The Balaban J connectivity index is 1.64. The summed E-state index contributed by atoms with van der Waals surface area (Å²) < 4.78 is 5.20. The monoisotopic (exact) mass is 260 g/mol. The van der Waals surface area contributed by atoms with Crippen molar-refractivity contribution in [3.05, 3.63) is 30.3 Å². The van der Waals surface area contributed by atoms with Gasteiger partial charge in [-0.1, -0.05) is 18.1 Å². The molecule has 1 fully saturated rings. The van der Waals surface area contributed by atoms with Gasteiger partial charge in [0.15, 0.2) is 0 Å². The molecule has 0 bridgehead atoms. The molecule has 1 aliphatic heterocycles. The van der Waals surface area contributed by atoms with Gasteiger partial charge < -0.3 is 9.63 Å². The molecule has 1 N–H and O–H groups in total. The zero-order valence-corrected chi connectivity index (χ0v) is 10.8. The van der Waals surface area contributed by atoms with E-state index in [1.54, 1.807) is 6.20 Å². The van der Waals surface area contributed by atoms with Gasteiger partial charge in [0.05, 0.1) is 12.1 Å². The first-order valence-corrected chi connectivity index (χ1v) is 6.37. The fourth-order valence-corrected chi connectivity index (χ4v) is 2.23. The molecule has 0 unspecified atom stereocenters. The number of aromatic nitrogens is 3. The van der Waals surface area contributed by atoms with E-state index in [2.05, 4.69) is 20.0 Å². The predicted molar refractivity (Wildman–Crippen MR) is 68.0 cm³/mol. The summed E-state index contributed by atoms with van der Waals surface area (Å²) in [7, 11) is 0. The van der Waals surface area contributed by atoms with Crippen molar-refractivity contribution in [1.29, 1.82) is 0 Å². The second kappa shape index (κ2) is 4.71. The largest absolute Gasteiger partial charge is 0.387 e. The molecule has 0 saturated carbocycles.